The second-order valence-electron chi connectivity index (χ2n) is 13.2. The van der Waals surface area contributed by atoms with E-state index < -0.39 is 5.41 Å². The van der Waals surface area contributed by atoms with Gasteiger partial charge in [0.25, 0.3) is 0 Å². The number of carbonyl (C=O) groups excluding carboxylic acids is 1. The van der Waals surface area contributed by atoms with Crippen molar-refractivity contribution in [3.8, 4) is 11.5 Å². The zero-order valence-corrected chi connectivity index (χ0v) is 25.3. The van der Waals surface area contributed by atoms with Crippen LogP contribution in [0.2, 0.25) is 0 Å². The molecule has 0 bridgehead atoms. The molecule has 4 heterocycles. The largest absolute Gasteiger partial charge is 0.451 e. The number of halogens is 1. The van der Waals surface area contributed by atoms with Crippen LogP contribution in [-0.2, 0) is 23.3 Å². The van der Waals surface area contributed by atoms with Gasteiger partial charge in [-0.2, -0.15) is 0 Å². The van der Waals surface area contributed by atoms with Gasteiger partial charge in [0, 0.05) is 55.4 Å². The number of amides is 1. The van der Waals surface area contributed by atoms with Crippen LogP contribution in [-0.4, -0.2) is 64.9 Å². The van der Waals surface area contributed by atoms with E-state index in [0.717, 1.165) is 68.2 Å². The number of carbonyl (C=O) groups is 1. The van der Waals surface area contributed by atoms with Gasteiger partial charge < -0.3 is 15.0 Å². The van der Waals surface area contributed by atoms with Gasteiger partial charge in [0.2, 0.25) is 5.91 Å². The molecule has 2 saturated heterocycles. The number of aromatic nitrogens is 2. The maximum absolute atomic E-state index is 14.2. The molecule has 1 N–H and O–H groups in total. The van der Waals surface area contributed by atoms with Crippen LogP contribution in [0.5, 0.6) is 11.5 Å². The van der Waals surface area contributed by atoms with E-state index >= 15 is 0 Å². The molecule has 222 valence electrons. The average Bonchev–Trinajstić information content (AvgIpc) is 3.61. The Bertz CT molecular complexity index is 1490. The molecule has 2 aromatic carbocycles. The van der Waals surface area contributed by atoms with Gasteiger partial charge in [-0.25, -0.2) is 14.4 Å². The molecule has 0 radical (unpaired) electrons. The number of ether oxygens (including phenoxy) is 1. The summed E-state index contributed by atoms with van der Waals surface area (Å²) in [6.07, 6.45) is 5.49. The summed E-state index contributed by atoms with van der Waals surface area (Å²) in [4.78, 5) is 28.3. The predicted octanol–water partition coefficient (Wildman–Crippen LogP) is 5.58. The Morgan fingerprint density at radius 3 is 2.71 bits per heavy atom. The van der Waals surface area contributed by atoms with Crippen LogP contribution in [0.25, 0.3) is 0 Å². The Hall–Kier alpha value is -3.56. The molecular weight excluding hydrogens is 531 g/mol. The van der Waals surface area contributed by atoms with Crippen molar-refractivity contribution in [3.05, 3.63) is 71.4 Å². The highest BCUT2D eigenvalue weighted by Gasteiger charge is 2.44. The second-order valence-corrected chi connectivity index (χ2v) is 13.2. The van der Waals surface area contributed by atoms with Crippen LogP contribution >= 0.6 is 0 Å². The van der Waals surface area contributed by atoms with Gasteiger partial charge in [0.05, 0.1) is 11.6 Å². The van der Waals surface area contributed by atoms with E-state index in [1.165, 1.54) is 11.6 Å². The zero-order valence-electron chi connectivity index (χ0n) is 25.3. The van der Waals surface area contributed by atoms with Gasteiger partial charge in [-0.1, -0.05) is 12.1 Å². The summed E-state index contributed by atoms with van der Waals surface area (Å²) >= 11 is 0. The summed E-state index contributed by atoms with van der Waals surface area (Å²) in [7, 11) is 2.02. The Morgan fingerprint density at radius 1 is 1.10 bits per heavy atom. The number of hydrogen-bond acceptors (Lipinski definition) is 7. The van der Waals surface area contributed by atoms with Crippen molar-refractivity contribution < 1.29 is 13.9 Å². The SMILES string of the molecule is CC(C)N(C)Cc1cc(F)ccc1Oc1cncnc1N1CCC2(CCN(Cc3ccc4c(c3)NC(=O)C4(C)C)C2)C1. The van der Waals surface area contributed by atoms with Gasteiger partial charge in [0.1, 0.15) is 17.9 Å². The molecule has 1 atom stereocenters. The molecule has 1 aromatic heterocycles. The van der Waals surface area contributed by atoms with E-state index in [1.54, 1.807) is 24.7 Å². The molecule has 1 amide bonds. The molecule has 8 nitrogen and oxygen atoms in total. The highest BCUT2D eigenvalue weighted by molar-refractivity contribution is 6.05. The van der Waals surface area contributed by atoms with Crippen molar-refractivity contribution in [1.29, 1.82) is 0 Å². The molecule has 3 aliphatic heterocycles. The first-order valence-corrected chi connectivity index (χ1v) is 14.9. The van der Waals surface area contributed by atoms with Crippen molar-refractivity contribution in [2.75, 3.05) is 43.4 Å². The van der Waals surface area contributed by atoms with Crippen LogP contribution in [0.3, 0.4) is 0 Å². The van der Waals surface area contributed by atoms with E-state index in [9.17, 15) is 9.18 Å². The molecule has 9 heteroatoms. The highest BCUT2D eigenvalue weighted by Crippen LogP contribution is 2.44. The van der Waals surface area contributed by atoms with Crippen LogP contribution in [0.1, 0.15) is 57.2 Å². The molecular formula is C33H41FN6O2. The monoisotopic (exact) mass is 572 g/mol. The summed E-state index contributed by atoms with van der Waals surface area (Å²) < 4.78 is 20.6. The number of nitrogens with zero attached hydrogens (tertiary/aromatic N) is 5. The first-order valence-electron chi connectivity index (χ1n) is 14.9. The van der Waals surface area contributed by atoms with Crippen molar-refractivity contribution in [3.63, 3.8) is 0 Å². The normalized spacial score (nSPS) is 21.5. The molecule has 2 fully saturated rings. The Balaban J connectivity index is 1.14. The highest BCUT2D eigenvalue weighted by atomic mass is 19.1. The molecule has 0 saturated carbocycles. The van der Waals surface area contributed by atoms with Crippen molar-refractivity contribution >= 4 is 17.4 Å². The summed E-state index contributed by atoms with van der Waals surface area (Å²) in [5.74, 6) is 1.78. The minimum atomic E-state index is -0.481. The van der Waals surface area contributed by atoms with E-state index in [2.05, 4.69) is 62.0 Å². The van der Waals surface area contributed by atoms with Gasteiger partial charge in [0.15, 0.2) is 11.6 Å². The zero-order chi connectivity index (χ0) is 29.6. The fourth-order valence-corrected chi connectivity index (χ4v) is 6.57. The number of fused-ring (bicyclic) bond motifs is 1. The fourth-order valence-electron chi connectivity index (χ4n) is 6.57. The first-order chi connectivity index (χ1) is 20.0. The maximum atomic E-state index is 14.2. The van der Waals surface area contributed by atoms with E-state index in [4.69, 9.17) is 4.74 Å². The van der Waals surface area contributed by atoms with Crippen LogP contribution in [0.4, 0.5) is 15.9 Å². The number of anilines is 2. The topological polar surface area (TPSA) is 73.8 Å². The summed E-state index contributed by atoms with van der Waals surface area (Å²) in [6, 6.07) is 11.4. The third-order valence-corrected chi connectivity index (χ3v) is 9.44. The summed E-state index contributed by atoms with van der Waals surface area (Å²) in [6.45, 7) is 13.5. The lowest BCUT2D eigenvalue weighted by atomic mass is 9.86. The maximum Gasteiger partial charge on any atom is 0.234 e. The number of likely N-dealkylation sites (tertiary alicyclic amines) is 1. The molecule has 42 heavy (non-hydrogen) atoms. The van der Waals surface area contributed by atoms with Gasteiger partial charge in [-0.05, 0) is 89.5 Å². The number of rotatable bonds is 8. The quantitative estimate of drug-likeness (QED) is 0.378. The van der Waals surface area contributed by atoms with Gasteiger partial charge in [-0.3, -0.25) is 14.6 Å². The van der Waals surface area contributed by atoms with Crippen LogP contribution in [0, 0.1) is 11.2 Å². The number of nitrogens with one attached hydrogen (secondary N) is 1. The fraction of sp³-hybridized carbons (Fsp3) is 0.485. The molecule has 0 aliphatic carbocycles. The predicted molar refractivity (Wildman–Crippen MR) is 162 cm³/mol. The number of hydrogen-bond donors (Lipinski definition) is 1. The van der Waals surface area contributed by atoms with E-state index in [0.29, 0.717) is 24.1 Å². The summed E-state index contributed by atoms with van der Waals surface area (Å²) in [5, 5.41) is 3.06. The van der Waals surface area contributed by atoms with Crippen molar-refractivity contribution in [2.45, 2.75) is 65.1 Å². The smallest absolute Gasteiger partial charge is 0.234 e. The third-order valence-electron chi connectivity index (χ3n) is 9.44. The minimum absolute atomic E-state index is 0.0624. The molecule has 6 rings (SSSR count). The van der Waals surface area contributed by atoms with E-state index in [1.807, 2.05) is 20.9 Å². The lowest BCUT2D eigenvalue weighted by Gasteiger charge is -2.26. The van der Waals surface area contributed by atoms with Crippen molar-refractivity contribution in [1.82, 2.24) is 19.8 Å². The van der Waals surface area contributed by atoms with Gasteiger partial charge >= 0.3 is 0 Å². The van der Waals surface area contributed by atoms with Gasteiger partial charge in [-0.15, -0.1) is 0 Å². The molecule has 1 spiro atoms. The van der Waals surface area contributed by atoms with E-state index in [-0.39, 0.29) is 17.1 Å². The van der Waals surface area contributed by atoms with Crippen LogP contribution in [0.15, 0.2) is 48.9 Å². The first kappa shape index (κ1) is 28.6. The summed E-state index contributed by atoms with van der Waals surface area (Å²) in [5.41, 5.74) is 3.74. The van der Waals surface area contributed by atoms with Crippen molar-refractivity contribution in [2.24, 2.45) is 5.41 Å². The molecule has 3 aliphatic rings. The molecule has 1 unspecified atom stereocenters. The van der Waals surface area contributed by atoms with Crippen LogP contribution < -0.4 is 15.0 Å². The second kappa shape index (κ2) is 10.9. The third kappa shape index (κ3) is 5.47. The minimum Gasteiger partial charge on any atom is -0.451 e. The lowest BCUT2D eigenvalue weighted by Crippen LogP contribution is -2.31. The standard InChI is InChI=1S/C33H41FN6O2/c1-22(2)38(5)18-24-15-25(34)7-9-28(24)42-29-16-35-21-36-30(29)40-13-11-33(20-40)10-12-39(19-33)17-23-6-8-26-27(14-23)37-31(41)32(26,3)4/h6-9,14-16,21-22H,10-13,17-20H2,1-5H3,(H,37,41). The lowest BCUT2D eigenvalue weighted by molar-refractivity contribution is -0.119. The Labute approximate surface area is 247 Å². The average molecular weight is 573 g/mol. The molecule has 3 aromatic rings. The Kier molecular flexibility index (Phi) is 7.43. The Morgan fingerprint density at radius 2 is 1.90 bits per heavy atom. The number of benzene rings is 2.